The van der Waals surface area contributed by atoms with Gasteiger partial charge in [0.25, 0.3) is 30.1 Å². The third-order valence-electron chi connectivity index (χ3n) is 19.1. The molecule has 12 aromatic rings. The van der Waals surface area contributed by atoms with E-state index in [9.17, 15) is 59.8 Å². The number of hydrogen-bond donors (Lipinski definition) is 3. The number of phenolic OH excluding ortho intramolecular Hbond substituents is 1. The number of halogens is 1. The molecule has 0 saturated carbocycles. The monoisotopic (exact) mass is 1920 g/mol. The Bertz CT molecular complexity index is 6400. The first-order chi connectivity index (χ1) is 64.9. The molecule has 3 aliphatic rings. The van der Waals surface area contributed by atoms with Gasteiger partial charge in [-0.25, -0.2) is 19.6 Å². The van der Waals surface area contributed by atoms with Crippen LogP contribution in [0, 0.1) is 22.3 Å². The number of fused-ring (bicyclic) bond motifs is 3. The van der Waals surface area contributed by atoms with Crippen LogP contribution in [0.2, 0.25) is 19.6 Å². The average Bonchev–Trinajstić information content (AvgIpc) is 1.62. The molecule has 0 saturated heterocycles. The van der Waals surface area contributed by atoms with Crippen LogP contribution in [-0.2, 0) is 131 Å². The molecule has 0 amide bonds. The van der Waals surface area contributed by atoms with Crippen molar-refractivity contribution in [3.63, 3.8) is 0 Å². The molecule has 4 unspecified atom stereocenters. The maximum Gasteiger partial charge on any atom is 0.347 e. The average molecular weight is 1920 g/mol. The maximum atomic E-state index is 12.6. The van der Waals surface area contributed by atoms with Gasteiger partial charge in [0.05, 0.1) is 41.9 Å². The molecule has 12 aromatic carbocycles. The Labute approximate surface area is 792 Å². The first-order valence-corrected chi connectivity index (χ1v) is 50.8. The van der Waals surface area contributed by atoms with Crippen molar-refractivity contribution in [2.75, 3.05) is 19.8 Å². The SMILES string of the molecule is CCOC(=O)C(Cc1ccc(O)cc1)OC1=NS(=O)(=O)c2ccccc21.CCOC(=O)C(Cc1ccc(OCc2ccccc2)cc1)OC1=NS(=O)(=O)c2ccccc21.CCOC(=O)C(O)Cc1ccc(OCc2ccccc2)cc1.C[Si](C)(C)C#N.N#CC(O)Cc1ccc(OCc2ccccc2)cc1.O=CCc1ccc(OCc2ccccc2)cc1.O=S1(=O)N=C(Cl)c2ccccc21. The Hall–Kier alpha value is -14.4. The van der Waals surface area contributed by atoms with Crippen molar-refractivity contribution in [1.82, 2.24) is 0 Å². The van der Waals surface area contributed by atoms with Gasteiger partial charge in [-0.05, 0) is 162 Å². The molecule has 0 fully saturated rings. The largest absolute Gasteiger partial charge is 0.508 e. The Kier molecular flexibility index (Phi) is 40.7. The normalized spacial score (nSPS) is 13.5. The molecule has 32 heteroatoms. The zero-order valence-electron chi connectivity index (χ0n) is 74.8. The molecule has 700 valence electrons. The maximum absolute atomic E-state index is 12.6. The van der Waals surface area contributed by atoms with Crippen LogP contribution in [0.15, 0.2) is 343 Å². The predicted molar refractivity (Wildman–Crippen MR) is 514 cm³/mol. The van der Waals surface area contributed by atoms with Gasteiger partial charge in [0, 0.05) is 43.4 Å². The molecule has 4 atom stereocenters. The van der Waals surface area contributed by atoms with Crippen molar-refractivity contribution in [2.45, 2.75) is 138 Å². The van der Waals surface area contributed by atoms with Gasteiger partial charge in [-0.15, -0.1) is 13.2 Å². The first kappa shape index (κ1) is 104. The number of ether oxygens (including phenoxy) is 9. The summed E-state index contributed by atoms with van der Waals surface area (Å²) in [5, 5.41) is 45.1. The fourth-order valence-electron chi connectivity index (χ4n) is 12.3. The Morgan fingerprint density at radius 1 is 0.378 bits per heavy atom. The number of aliphatic hydroxyl groups is 2. The highest BCUT2D eigenvalue weighted by atomic mass is 35.5. The Balaban J connectivity index is 0.000000183. The summed E-state index contributed by atoms with van der Waals surface area (Å²) in [6.07, 6.45) is -1.95. The van der Waals surface area contributed by atoms with Crippen LogP contribution in [0.25, 0.3) is 0 Å². The van der Waals surface area contributed by atoms with Gasteiger partial charge in [0.1, 0.15) is 77.4 Å². The number of carbonyl (C=O) groups excluding carboxylic acids is 4. The van der Waals surface area contributed by atoms with Crippen LogP contribution in [0.3, 0.4) is 0 Å². The second-order valence-electron chi connectivity index (χ2n) is 30.6. The third-order valence-corrected chi connectivity index (χ3v) is 24.1. The van der Waals surface area contributed by atoms with E-state index in [2.05, 4.69) is 18.9 Å². The van der Waals surface area contributed by atoms with Crippen LogP contribution < -0.4 is 18.9 Å². The van der Waals surface area contributed by atoms with Gasteiger partial charge in [0.15, 0.2) is 19.3 Å². The number of hydrogen-bond acceptors (Lipinski definition) is 24. The highest BCUT2D eigenvalue weighted by Gasteiger charge is 2.36. The minimum Gasteiger partial charge on any atom is -0.508 e. The number of benzene rings is 12. The number of nitriles is 2. The molecular formula is C103H102ClN5O22S3Si. The summed E-state index contributed by atoms with van der Waals surface area (Å²) < 4.78 is 131. The summed E-state index contributed by atoms with van der Waals surface area (Å²) >= 11 is 5.60. The van der Waals surface area contributed by atoms with E-state index in [0.717, 1.165) is 73.6 Å². The number of aromatic hydroxyl groups is 1. The zero-order chi connectivity index (χ0) is 97.2. The molecule has 15 rings (SSSR count). The van der Waals surface area contributed by atoms with Crippen molar-refractivity contribution >= 4 is 90.9 Å². The van der Waals surface area contributed by atoms with Crippen molar-refractivity contribution in [3.05, 3.63) is 382 Å². The summed E-state index contributed by atoms with van der Waals surface area (Å²) in [7, 11) is -12.5. The van der Waals surface area contributed by atoms with Gasteiger partial charge in [-0.1, -0.05) is 256 Å². The fourth-order valence-corrected chi connectivity index (χ4v) is 16.2. The van der Waals surface area contributed by atoms with Crippen molar-refractivity contribution in [2.24, 2.45) is 13.2 Å². The van der Waals surface area contributed by atoms with Gasteiger partial charge in [-0.2, -0.15) is 30.5 Å². The van der Waals surface area contributed by atoms with E-state index in [1.165, 1.54) is 30.3 Å². The standard InChI is InChI=1S/C25H23NO6S.C18H17NO6S.C18H20O4.C16H15NO2.C15H14O2.C7H4ClNO2S.C4H9NSi/c1-2-30-25(27)22(32-24-21-10-6-7-11-23(21)33(28,29)26-24)16-18-12-14-20(15-13-18)31-17-19-8-4-3-5-9-19;1-2-24-18(21)15(11-12-7-9-13(20)10-8-12)25-17-14-5-3-4-6-16(14)26(22,23)19-17;1-2-21-18(20)17(19)12-14-8-10-16(11-9-14)22-13-15-6-4-3-5-7-15;17-11-15(18)10-13-6-8-16(9-7-13)19-12-14-4-2-1-3-5-14;16-11-10-13-6-8-15(9-7-13)17-12-14-4-2-1-3-5-14;8-7-5-3-1-2-4-6(5)12(10,11)9-7;1-6(2,3)4-5/h3-15,22H,2,16-17H2,1H3;3-10,15,20H,2,11H2,1H3;3-11,17,19H,2,12-13H2,1H3;1-9,15,18H,10,12H2;1-9,11H,10,12H2;1-4H;1-3H3. The van der Waals surface area contributed by atoms with Crippen molar-refractivity contribution in [3.8, 4) is 40.5 Å². The summed E-state index contributed by atoms with van der Waals surface area (Å²) in [6.45, 7) is 13.8. The van der Waals surface area contributed by atoms with Crippen LogP contribution in [-0.4, -0.2) is 134 Å². The second-order valence-corrected chi connectivity index (χ2v) is 40.4. The number of nitrogens with zero attached hydrogens (tertiary/aromatic N) is 5. The molecule has 0 aliphatic carbocycles. The molecule has 0 spiro atoms. The smallest absolute Gasteiger partial charge is 0.347 e. The van der Waals surface area contributed by atoms with Crippen LogP contribution in [0.5, 0.6) is 28.7 Å². The Morgan fingerprint density at radius 3 is 0.978 bits per heavy atom. The molecule has 3 N–H and O–H groups in total. The molecule has 27 nitrogen and oxygen atoms in total. The topological polar surface area (TPSA) is 399 Å². The molecule has 0 bridgehead atoms. The zero-order valence-corrected chi connectivity index (χ0v) is 79.0. The number of phenols is 1. The highest BCUT2D eigenvalue weighted by molar-refractivity contribution is 7.91. The molecule has 3 heterocycles. The lowest BCUT2D eigenvalue weighted by Gasteiger charge is -2.18. The lowest BCUT2D eigenvalue weighted by molar-refractivity contribution is -0.153. The van der Waals surface area contributed by atoms with E-state index >= 15 is 0 Å². The predicted octanol–water partition coefficient (Wildman–Crippen LogP) is 17.1. The summed E-state index contributed by atoms with van der Waals surface area (Å²) in [4.78, 5) is 46.8. The van der Waals surface area contributed by atoms with E-state index in [4.69, 9.17) is 64.8 Å². The minimum absolute atomic E-state index is 0.0437. The van der Waals surface area contributed by atoms with Crippen molar-refractivity contribution < 1.29 is 102 Å². The number of rotatable bonds is 30. The third kappa shape index (κ3) is 34.6. The second kappa shape index (κ2) is 52.7. The van der Waals surface area contributed by atoms with Crippen LogP contribution in [0.4, 0.5) is 0 Å². The number of carbonyl (C=O) groups is 4. The van der Waals surface area contributed by atoms with E-state index in [0.29, 0.717) is 61.7 Å². The van der Waals surface area contributed by atoms with Gasteiger partial charge in [0.2, 0.25) is 24.0 Å². The van der Waals surface area contributed by atoms with Gasteiger partial charge in [-0.3, -0.25) is 0 Å². The fraction of sp³-hybridized carbons (Fsp3) is 0.214. The number of aldehydes is 1. The van der Waals surface area contributed by atoms with E-state index in [-0.39, 0.29) is 76.5 Å². The molecular weight excluding hydrogens is 1820 g/mol. The molecule has 3 aliphatic heterocycles. The number of esters is 3. The minimum atomic E-state index is -3.85. The number of sulfonamides is 3. The molecule has 135 heavy (non-hydrogen) atoms. The van der Waals surface area contributed by atoms with Gasteiger partial charge >= 0.3 is 17.9 Å². The Morgan fingerprint density at radius 2 is 0.659 bits per heavy atom. The summed E-state index contributed by atoms with van der Waals surface area (Å²) in [6, 6.07) is 96.5. The molecule has 0 radical (unpaired) electrons. The van der Waals surface area contributed by atoms with E-state index in [1.54, 1.807) is 93.6 Å². The van der Waals surface area contributed by atoms with Crippen LogP contribution >= 0.6 is 11.6 Å². The summed E-state index contributed by atoms with van der Waals surface area (Å²) in [5.74, 6) is 1.10. The first-order valence-electron chi connectivity index (χ1n) is 42.6. The highest BCUT2D eigenvalue weighted by Crippen LogP contribution is 2.32. The number of aliphatic hydroxyl groups excluding tert-OH is 2. The molecule has 0 aromatic heterocycles. The van der Waals surface area contributed by atoms with E-state index in [1.807, 2.05) is 238 Å². The van der Waals surface area contributed by atoms with Crippen LogP contribution in [0.1, 0.15) is 87.5 Å². The van der Waals surface area contributed by atoms with Gasteiger partial charge < -0.3 is 62.7 Å². The van der Waals surface area contributed by atoms with E-state index < -0.39 is 80.5 Å². The van der Waals surface area contributed by atoms with Crippen molar-refractivity contribution in [1.29, 1.82) is 10.5 Å². The lowest BCUT2D eigenvalue weighted by atomic mass is 10.1. The quantitative estimate of drug-likeness (QED) is 0.0124. The lowest BCUT2D eigenvalue weighted by Crippen LogP contribution is -2.31. The summed E-state index contributed by atoms with van der Waals surface area (Å²) in [5.41, 5.74) is 12.1.